The van der Waals surface area contributed by atoms with E-state index in [-0.39, 0.29) is 12.5 Å². The molecule has 0 aliphatic rings. The first-order chi connectivity index (χ1) is 7.34. The Kier molecular flexibility index (Phi) is 6.03. The second-order valence-corrected chi connectivity index (χ2v) is 4.63. The summed E-state index contributed by atoms with van der Waals surface area (Å²) in [6.07, 6.45) is 0. The molecule has 3 N–H and O–H groups in total. The Morgan fingerprint density at radius 2 is 1.94 bits per heavy atom. The average molecular weight is 230 g/mol. The van der Waals surface area contributed by atoms with Gasteiger partial charge < -0.3 is 15.8 Å². The van der Waals surface area contributed by atoms with Crippen LogP contribution in [0.1, 0.15) is 27.7 Å². The van der Waals surface area contributed by atoms with E-state index in [0.29, 0.717) is 13.1 Å². The second kappa shape index (κ2) is 6.48. The summed E-state index contributed by atoms with van der Waals surface area (Å²) in [5.74, 6) is -1.60. The highest BCUT2D eigenvalue weighted by Gasteiger charge is 2.38. The van der Waals surface area contributed by atoms with Gasteiger partial charge in [0.15, 0.2) is 0 Å². The maximum Gasteiger partial charge on any atom is 0.319 e. The number of hydrogen-bond acceptors (Lipinski definition) is 4. The van der Waals surface area contributed by atoms with Crippen LogP contribution in [0.5, 0.6) is 0 Å². The summed E-state index contributed by atoms with van der Waals surface area (Å²) in [6, 6.07) is 0. The van der Waals surface area contributed by atoms with Crippen LogP contribution in [0.3, 0.4) is 0 Å². The van der Waals surface area contributed by atoms with E-state index < -0.39 is 17.3 Å². The molecule has 0 spiro atoms. The van der Waals surface area contributed by atoms with E-state index in [0.717, 1.165) is 0 Å². The zero-order valence-electron chi connectivity index (χ0n) is 10.5. The third-order valence-electron chi connectivity index (χ3n) is 2.09. The van der Waals surface area contributed by atoms with Gasteiger partial charge >= 0.3 is 5.97 Å². The standard InChI is InChI=1S/C11H22N2O3/c1-5-16-10(15)8(11(2,3)4)9(14)13-7-6-12/h8H,5-7,12H2,1-4H3,(H,13,14). The van der Waals surface area contributed by atoms with Crippen molar-refractivity contribution in [3.63, 3.8) is 0 Å². The largest absolute Gasteiger partial charge is 0.465 e. The summed E-state index contributed by atoms with van der Waals surface area (Å²) < 4.78 is 4.90. The van der Waals surface area contributed by atoms with E-state index >= 15 is 0 Å². The van der Waals surface area contributed by atoms with Crippen LogP contribution in [0.25, 0.3) is 0 Å². The minimum Gasteiger partial charge on any atom is -0.465 e. The normalized spacial score (nSPS) is 13.1. The van der Waals surface area contributed by atoms with Crippen molar-refractivity contribution in [1.82, 2.24) is 5.32 Å². The minimum atomic E-state index is -0.793. The van der Waals surface area contributed by atoms with Gasteiger partial charge in [-0.05, 0) is 12.3 Å². The van der Waals surface area contributed by atoms with E-state index in [1.165, 1.54) is 0 Å². The first-order valence-corrected chi connectivity index (χ1v) is 5.49. The SMILES string of the molecule is CCOC(=O)C(C(=O)NCCN)C(C)(C)C. The van der Waals surface area contributed by atoms with Crippen molar-refractivity contribution in [1.29, 1.82) is 0 Å². The van der Waals surface area contributed by atoms with Gasteiger partial charge in [-0.1, -0.05) is 20.8 Å². The lowest BCUT2D eigenvalue weighted by Gasteiger charge is -2.27. The van der Waals surface area contributed by atoms with Gasteiger partial charge in [-0.25, -0.2) is 0 Å². The molecule has 0 fully saturated rings. The lowest BCUT2D eigenvalue weighted by atomic mass is 9.80. The Morgan fingerprint density at radius 1 is 1.38 bits per heavy atom. The Bertz CT molecular complexity index is 246. The van der Waals surface area contributed by atoms with Crippen molar-refractivity contribution in [3.8, 4) is 0 Å². The van der Waals surface area contributed by atoms with E-state index in [1.54, 1.807) is 6.92 Å². The number of hydrogen-bond donors (Lipinski definition) is 2. The Morgan fingerprint density at radius 3 is 2.31 bits per heavy atom. The topological polar surface area (TPSA) is 81.4 Å². The molecule has 1 amide bonds. The van der Waals surface area contributed by atoms with Crippen LogP contribution in [0.2, 0.25) is 0 Å². The molecule has 0 bridgehead atoms. The molecule has 1 atom stereocenters. The lowest BCUT2D eigenvalue weighted by molar-refractivity contribution is -0.156. The number of nitrogens with two attached hydrogens (primary N) is 1. The van der Waals surface area contributed by atoms with E-state index in [4.69, 9.17) is 10.5 Å². The van der Waals surface area contributed by atoms with Gasteiger partial charge in [-0.3, -0.25) is 9.59 Å². The number of amides is 1. The van der Waals surface area contributed by atoms with Gasteiger partial charge in [-0.2, -0.15) is 0 Å². The predicted molar refractivity (Wildman–Crippen MR) is 61.6 cm³/mol. The maximum atomic E-state index is 11.8. The highest BCUT2D eigenvalue weighted by molar-refractivity contribution is 5.98. The Labute approximate surface area is 96.7 Å². The molecule has 5 nitrogen and oxygen atoms in total. The van der Waals surface area contributed by atoms with Crippen molar-refractivity contribution >= 4 is 11.9 Å². The van der Waals surface area contributed by atoms with Crippen LogP contribution in [0, 0.1) is 11.3 Å². The summed E-state index contributed by atoms with van der Waals surface area (Å²) in [6.45, 7) is 8.20. The van der Waals surface area contributed by atoms with Crippen molar-refractivity contribution in [2.45, 2.75) is 27.7 Å². The third kappa shape index (κ3) is 4.61. The molecule has 0 radical (unpaired) electrons. The summed E-state index contributed by atoms with van der Waals surface area (Å²) in [4.78, 5) is 23.5. The zero-order valence-corrected chi connectivity index (χ0v) is 10.5. The molecule has 0 aliphatic heterocycles. The van der Waals surface area contributed by atoms with Gasteiger partial charge in [-0.15, -0.1) is 0 Å². The van der Waals surface area contributed by atoms with Crippen LogP contribution in [0.4, 0.5) is 0 Å². The van der Waals surface area contributed by atoms with Crippen molar-refractivity contribution in [3.05, 3.63) is 0 Å². The Balaban J connectivity index is 4.68. The van der Waals surface area contributed by atoms with Crippen LogP contribution in [-0.2, 0) is 14.3 Å². The molecule has 1 unspecified atom stereocenters. The van der Waals surface area contributed by atoms with Crippen molar-refractivity contribution in [2.75, 3.05) is 19.7 Å². The highest BCUT2D eigenvalue weighted by atomic mass is 16.5. The molecular formula is C11H22N2O3. The summed E-state index contributed by atoms with van der Waals surface area (Å²) in [5, 5.41) is 2.61. The molecule has 0 aliphatic carbocycles. The molecule has 0 aromatic heterocycles. The van der Waals surface area contributed by atoms with Gasteiger partial charge in [0, 0.05) is 13.1 Å². The first-order valence-electron chi connectivity index (χ1n) is 5.49. The van der Waals surface area contributed by atoms with E-state index in [2.05, 4.69) is 5.32 Å². The fraction of sp³-hybridized carbons (Fsp3) is 0.818. The minimum absolute atomic E-state index is 0.273. The molecular weight excluding hydrogens is 208 g/mol. The molecule has 94 valence electrons. The van der Waals surface area contributed by atoms with Gasteiger partial charge in [0.1, 0.15) is 5.92 Å². The van der Waals surface area contributed by atoms with E-state index in [1.807, 2.05) is 20.8 Å². The molecule has 5 heteroatoms. The predicted octanol–water partition coefficient (Wildman–Crippen LogP) is 0.287. The van der Waals surface area contributed by atoms with Gasteiger partial charge in [0.05, 0.1) is 6.61 Å². The number of esters is 1. The number of nitrogens with one attached hydrogen (secondary N) is 1. The quantitative estimate of drug-likeness (QED) is 0.525. The third-order valence-corrected chi connectivity index (χ3v) is 2.09. The fourth-order valence-electron chi connectivity index (χ4n) is 1.38. The van der Waals surface area contributed by atoms with E-state index in [9.17, 15) is 9.59 Å². The van der Waals surface area contributed by atoms with Gasteiger partial charge in [0.2, 0.25) is 5.91 Å². The number of carbonyl (C=O) groups is 2. The van der Waals surface area contributed by atoms with Gasteiger partial charge in [0.25, 0.3) is 0 Å². The van der Waals surface area contributed by atoms with Crippen LogP contribution >= 0.6 is 0 Å². The molecule has 0 heterocycles. The molecule has 0 aromatic rings. The zero-order chi connectivity index (χ0) is 12.8. The number of ether oxygens (including phenoxy) is 1. The van der Waals surface area contributed by atoms with Crippen molar-refractivity contribution in [2.24, 2.45) is 17.1 Å². The van der Waals surface area contributed by atoms with Crippen LogP contribution < -0.4 is 11.1 Å². The smallest absolute Gasteiger partial charge is 0.319 e. The molecule has 0 saturated heterocycles. The highest BCUT2D eigenvalue weighted by Crippen LogP contribution is 2.27. The second-order valence-electron chi connectivity index (χ2n) is 4.63. The fourth-order valence-corrected chi connectivity index (χ4v) is 1.38. The van der Waals surface area contributed by atoms with Crippen LogP contribution in [-0.4, -0.2) is 31.6 Å². The lowest BCUT2D eigenvalue weighted by Crippen LogP contribution is -2.44. The number of carbonyl (C=O) groups excluding carboxylic acids is 2. The summed E-state index contributed by atoms with van der Waals surface area (Å²) in [7, 11) is 0. The van der Waals surface area contributed by atoms with Crippen molar-refractivity contribution < 1.29 is 14.3 Å². The molecule has 16 heavy (non-hydrogen) atoms. The maximum absolute atomic E-state index is 11.8. The molecule has 0 rings (SSSR count). The summed E-state index contributed by atoms with van der Waals surface area (Å²) >= 11 is 0. The Hall–Kier alpha value is -1.10. The average Bonchev–Trinajstić information content (AvgIpc) is 2.13. The molecule has 0 saturated carbocycles. The molecule has 0 aromatic carbocycles. The summed E-state index contributed by atoms with van der Waals surface area (Å²) in [5.41, 5.74) is 4.82. The number of rotatable bonds is 5. The van der Waals surface area contributed by atoms with Crippen LogP contribution in [0.15, 0.2) is 0 Å². The monoisotopic (exact) mass is 230 g/mol. The first kappa shape index (κ1) is 14.9.